The van der Waals surface area contributed by atoms with E-state index in [0.29, 0.717) is 13.2 Å². The first-order chi connectivity index (χ1) is 6.45. The molecule has 0 saturated carbocycles. The molecule has 0 rings (SSSR count). The van der Waals surface area contributed by atoms with Crippen molar-refractivity contribution in [3.63, 3.8) is 0 Å². The molecule has 0 fully saturated rings. The van der Waals surface area contributed by atoms with Crippen LogP contribution in [0.3, 0.4) is 0 Å². The van der Waals surface area contributed by atoms with E-state index in [1.165, 1.54) is 0 Å². The van der Waals surface area contributed by atoms with Crippen molar-refractivity contribution >= 4 is 0 Å². The van der Waals surface area contributed by atoms with Gasteiger partial charge in [-0.15, -0.1) is 0 Å². The summed E-state index contributed by atoms with van der Waals surface area (Å²) in [5.41, 5.74) is 0. The minimum Gasteiger partial charge on any atom is -0.391 e. The second-order valence-corrected chi connectivity index (χ2v) is 3.63. The lowest BCUT2D eigenvalue weighted by molar-refractivity contribution is -0.0707. The highest BCUT2D eigenvalue weighted by molar-refractivity contribution is 4.58. The van der Waals surface area contributed by atoms with Crippen molar-refractivity contribution in [3.05, 3.63) is 0 Å². The van der Waals surface area contributed by atoms with Crippen molar-refractivity contribution in [2.24, 2.45) is 0 Å². The van der Waals surface area contributed by atoms with E-state index in [2.05, 4.69) is 0 Å². The molecule has 0 aromatic rings. The van der Waals surface area contributed by atoms with Gasteiger partial charge in [-0.25, -0.2) is 0 Å². The molecule has 86 valence electrons. The fourth-order valence-corrected chi connectivity index (χ4v) is 0.747. The van der Waals surface area contributed by atoms with E-state index in [9.17, 15) is 0 Å². The van der Waals surface area contributed by atoms with E-state index in [1.807, 2.05) is 13.8 Å². The van der Waals surface area contributed by atoms with Crippen LogP contribution in [-0.4, -0.2) is 47.8 Å². The summed E-state index contributed by atoms with van der Waals surface area (Å²) in [7, 11) is 0. The summed E-state index contributed by atoms with van der Waals surface area (Å²) < 4.78 is 10.6. The summed E-state index contributed by atoms with van der Waals surface area (Å²) in [6, 6.07) is 0. The smallest absolute Gasteiger partial charge is 0.0804 e. The summed E-state index contributed by atoms with van der Waals surface area (Å²) in [5, 5.41) is 18.2. The lowest BCUT2D eigenvalue weighted by Crippen LogP contribution is -2.27. The molecule has 0 radical (unpaired) electrons. The summed E-state index contributed by atoms with van der Waals surface area (Å²) >= 11 is 0. The monoisotopic (exact) mass is 206 g/mol. The Bertz CT molecular complexity index is 120. The van der Waals surface area contributed by atoms with Crippen LogP contribution in [0.5, 0.6) is 0 Å². The molecule has 0 aliphatic rings. The molecule has 0 aliphatic carbocycles. The molecule has 0 bridgehead atoms. The minimum atomic E-state index is -0.468. The zero-order chi connectivity index (χ0) is 11.1. The first-order valence-electron chi connectivity index (χ1n) is 5.04. The maximum absolute atomic E-state index is 9.11. The molecular weight excluding hydrogens is 184 g/mol. The number of hydrogen-bond acceptors (Lipinski definition) is 4. The van der Waals surface area contributed by atoms with E-state index < -0.39 is 12.2 Å². The molecule has 0 amide bonds. The maximum Gasteiger partial charge on any atom is 0.0804 e. The fourth-order valence-electron chi connectivity index (χ4n) is 0.747. The highest BCUT2D eigenvalue weighted by Gasteiger charge is 2.10. The molecule has 4 nitrogen and oxygen atoms in total. The Balaban J connectivity index is 3.38. The van der Waals surface area contributed by atoms with Crippen molar-refractivity contribution in [2.45, 2.75) is 52.1 Å². The Kier molecular flexibility index (Phi) is 7.09. The molecule has 2 N–H and O–H groups in total. The highest BCUT2D eigenvalue weighted by Crippen LogP contribution is 2.00. The Hall–Kier alpha value is -0.160. The van der Waals surface area contributed by atoms with Gasteiger partial charge in [0.25, 0.3) is 0 Å². The van der Waals surface area contributed by atoms with E-state index >= 15 is 0 Å². The SMILES string of the molecule is C[C@H](O)[C@H](C)OCCO[C@@H](C)[C@H](C)O. The van der Waals surface area contributed by atoms with Crippen molar-refractivity contribution in [1.82, 2.24) is 0 Å². The molecule has 4 atom stereocenters. The van der Waals surface area contributed by atoms with E-state index in [-0.39, 0.29) is 12.2 Å². The topological polar surface area (TPSA) is 58.9 Å². The fraction of sp³-hybridized carbons (Fsp3) is 1.00. The van der Waals surface area contributed by atoms with Gasteiger partial charge in [0, 0.05) is 0 Å². The largest absolute Gasteiger partial charge is 0.391 e. The van der Waals surface area contributed by atoms with Gasteiger partial charge in [0.1, 0.15) is 0 Å². The highest BCUT2D eigenvalue weighted by atomic mass is 16.5. The predicted octanol–water partition coefficient (Wildman–Crippen LogP) is 0.558. The van der Waals surface area contributed by atoms with E-state index in [0.717, 1.165) is 0 Å². The molecule has 4 heteroatoms. The zero-order valence-corrected chi connectivity index (χ0v) is 9.43. The van der Waals surface area contributed by atoms with Crippen LogP contribution in [0.4, 0.5) is 0 Å². The number of hydrogen-bond donors (Lipinski definition) is 2. The summed E-state index contributed by atoms with van der Waals surface area (Å²) in [6.45, 7) is 7.85. The molecule has 0 spiro atoms. The lowest BCUT2D eigenvalue weighted by Gasteiger charge is -2.18. The zero-order valence-electron chi connectivity index (χ0n) is 9.43. The van der Waals surface area contributed by atoms with E-state index in [1.54, 1.807) is 13.8 Å². The van der Waals surface area contributed by atoms with Crippen LogP contribution in [0.2, 0.25) is 0 Å². The Morgan fingerprint density at radius 3 is 1.29 bits per heavy atom. The van der Waals surface area contributed by atoms with Crippen molar-refractivity contribution in [2.75, 3.05) is 13.2 Å². The third-order valence-electron chi connectivity index (χ3n) is 2.20. The summed E-state index contributed by atoms with van der Waals surface area (Å²) in [5.74, 6) is 0. The van der Waals surface area contributed by atoms with Crippen LogP contribution in [-0.2, 0) is 9.47 Å². The van der Waals surface area contributed by atoms with Crippen LogP contribution in [0.15, 0.2) is 0 Å². The van der Waals surface area contributed by atoms with E-state index in [4.69, 9.17) is 19.7 Å². The summed E-state index contributed by atoms with van der Waals surface area (Å²) in [4.78, 5) is 0. The second kappa shape index (κ2) is 7.17. The molecular formula is C10H22O4. The van der Waals surface area contributed by atoms with Crippen LogP contribution >= 0.6 is 0 Å². The van der Waals surface area contributed by atoms with Gasteiger partial charge in [0.05, 0.1) is 37.6 Å². The van der Waals surface area contributed by atoms with Gasteiger partial charge < -0.3 is 19.7 Å². The first-order valence-corrected chi connectivity index (χ1v) is 5.04. The molecule has 0 aliphatic heterocycles. The molecule has 14 heavy (non-hydrogen) atoms. The molecule has 0 unspecified atom stereocenters. The standard InChI is InChI=1S/C10H22O4/c1-7(11)9(3)13-5-6-14-10(4)8(2)12/h7-12H,5-6H2,1-4H3/t7-,8-,9-,10-/m0/s1. The van der Waals surface area contributed by atoms with Gasteiger partial charge >= 0.3 is 0 Å². The number of aliphatic hydroxyl groups is 2. The van der Waals surface area contributed by atoms with Gasteiger partial charge in [-0.3, -0.25) is 0 Å². The van der Waals surface area contributed by atoms with Gasteiger partial charge in [-0.1, -0.05) is 0 Å². The van der Waals surface area contributed by atoms with Gasteiger partial charge in [-0.05, 0) is 27.7 Å². The van der Waals surface area contributed by atoms with Gasteiger partial charge in [0.2, 0.25) is 0 Å². The number of aliphatic hydroxyl groups excluding tert-OH is 2. The van der Waals surface area contributed by atoms with Crippen molar-refractivity contribution in [1.29, 1.82) is 0 Å². The average Bonchev–Trinajstić information content (AvgIpc) is 2.11. The Morgan fingerprint density at radius 2 is 1.07 bits per heavy atom. The van der Waals surface area contributed by atoms with Crippen molar-refractivity contribution in [3.8, 4) is 0 Å². The lowest BCUT2D eigenvalue weighted by atomic mass is 10.2. The summed E-state index contributed by atoms with van der Waals surface area (Å²) in [6.07, 6.45) is -1.30. The Morgan fingerprint density at radius 1 is 0.786 bits per heavy atom. The molecule has 0 aromatic carbocycles. The number of rotatable bonds is 7. The molecule has 0 aromatic heterocycles. The molecule has 0 saturated heterocycles. The quantitative estimate of drug-likeness (QED) is 0.597. The normalized spacial score (nSPS) is 20.1. The van der Waals surface area contributed by atoms with Gasteiger partial charge in [0.15, 0.2) is 0 Å². The predicted molar refractivity (Wildman–Crippen MR) is 54.2 cm³/mol. The van der Waals surface area contributed by atoms with Gasteiger partial charge in [-0.2, -0.15) is 0 Å². The van der Waals surface area contributed by atoms with Crippen molar-refractivity contribution < 1.29 is 19.7 Å². The van der Waals surface area contributed by atoms with Crippen LogP contribution < -0.4 is 0 Å². The second-order valence-electron chi connectivity index (χ2n) is 3.63. The maximum atomic E-state index is 9.11. The Labute approximate surface area is 85.8 Å². The van der Waals surface area contributed by atoms with Crippen LogP contribution in [0.25, 0.3) is 0 Å². The minimum absolute atomic E-state index is 0.180. The average molecular weight is 206 g/mol. The van der Waals surface area contributed by atoms with Crippen LogP contribution in [0.1, 0.15) is 27.7 Å². The third kappa shape index (κ3) is 6.32. The molecule has 0 heterocycles. The third-order valence-corrected chi connectivity index (χ3v) is 2.20. The number of ether oxygens (including phenoxy) is 2. The van der Waals surface area contributed by atoms with Crippen LogP contribution in [0, 0.1) is 0 Å². The first kappa shape index (κ1) is 13.8.